The normalized spacial score (nSPS) is 13.1. The Bertz CT molecular complexity index is 824. The molecule has 0 radical (unpaired) electrons. The summed E-state index contributed by atoms with van der Waals surface area (Å²) < 4.78 is 5.59. The highest BCUT2D eigenvalue weighted by atomic mass is 16.7. The Labute approximate surface area is 205 Å². The van der Waals surface area contributed by atoms with E-state index in [0.29, 0.717) is 31.6 Å². The highest BCUT2D eigenvalue weighted by Crippen LogP contribution is 2.17. The molecule has 0 unspecified atom stereocenters. The number of Topliss-reactive ketones (excluding diaryl/α,β-unsaturated/α-hetero) is 1. The summed E-state index contributed by atoms with van der Waals surface area (Å²) in [6, 6.07) is 9.22. The number of ketones is 1. The first kappa shape index (κ1) is 29.8. The van der Waals surface area contributed by atoms with Crippen LogP contribution in [0.4, 0.5) is 0 Å². The van der Waals surface area contributed by atoms with Crippen molar-refractivity contribution in [2.45, 2.75) is 58.3 Å². The van der Waals surface area contributed by atoms with Crippen LogP contribution in [0.15, 0.2) is 35.3 Å². The van der Waals surface area contributed by atoms with E-state index in [-0.39, 0.29) is 43.5 Å². The second kappa shape index (κ2) is 16.4. The van der Waals surface area contributed by atoms with E-state index in [0.717, 1.165) is 0 Å². The SMILES string of the molecule is CC(C)C[C@H](NC(=O)[C@H](CCCN=C(N)N[N+](=O)[O-])CC(=O)CCCOc1ccccc1)B(O)O. The third-order valence-corrected chi connectivity index (χ3v) is 5.07. The van der Waals surface area contributed by atoms with Gasteiger partial charge in [0.25, 0.3) is 5.96 Å². The number of rotatable bonds is 17. The van der Waals surface area contributed by atoms with Crippen molar-refractivity contribution in [2.75, 3.05) is 13.2 Å². The third kappa shape index (κ3) is 14.0. The molecule has 0 saturated carbocycles. The van der Waals surface area contributed by atoms with Crippen molar-refractivity contribution >= 4 is 24.8 Å². The Morgan fingerprint density at radius 1 is 1.23 bits per heavy atom. The number of guanidine groups is 1. The fourth-order valence-electron chi connectivity index (χ4n) is 3.41. The summed E-state index contributed by atoms with van der Waals surface area (Å²) in [7, 11) is -1.73. The quantitative estimate of drug-likeness (QED) is 0.0523. The summed E-state index contributed by atoms with van der Waals surface area (Å²) in [6.45, 7) is 4.26. The molecule has 0 aromatic heterocycles. The Morgan fingerprint density at radius 3 is 2.51 bits per heavy atom. The number of ether oxygens (including phenoxy) is 1. The minimum absolute atomic E-state index is 0.0283. The van der Waals surface area contributed by atoms with Crippen LogP contribution in [0.25, 0.3) is 0 Å². The van der Waals surface area contributed by atoms with Crippen LogP contribution in [-0.4, -0.2) is 58.9 Å². The van der Waals surface area contributed by atoms with Crippen molar-refractivity contribution in [2.24, 2.45) is 22.6 Å². The van der Waals surface area contributed by atoms with E-state index in [9.17, 15) is 29.8 Å². The van der Waals surface area contributed by atoms with Crippen molar-refractivity contribution in [3.8, 4) is 5.75 Å². The molecule has 0 aliphatic carbocycles. The third-order valence-electron chi connectivity index (χ3n) is 5.07. The molecule has 1 aromatic rings. The number of nitrogens with zero attached hydrogens (tertiary/aromatic N) is 2. The first-order chi connectivity index (χ1) is 16.6. The lowest BCUT2D eigenvalue weighted by atomic mass is 9.74. The Balaban J connectivity index is 2.66. The largest absolute Gasteiger partial charge is 0.494 e. The number of hydrogen-bond donors (Lipinski definition) is 5. The lowest BCUT2D eigenvalue weighted by molar-refractivity contribution is -0.525. The minimum atomic E-state index is -1.73. The van der Waals surface area contributed by atoms with Crippen LogP contribution in [0, 0.1) is 22.0 Å². The summed E-state index contributed by atoms with van der Waals surface area (Å²) in [5.74, 6) is -1.70. The van der Waals surface area contributed by atoms with Crippen molar-refractivity contribution in [3.63, 3.8) is 0 Å². The van der Waals surface area contributed by atoms with E-state index in [2.05, 4.69) is 10.3 Å². The molecule has 2 atom stereocenters. The fourth-order valence-corrected chi connectivity index (χ4v) is 3.41. The molecule has 13 heteroatoms. The highest BCUT2D eigenvalue weighted by molar-refractivity contribution is 6.43. The van der Waals surface area contributed by atoms with Gasteiger partial charge in [-0.3, -0.25) is 9.59 Å². The predicted molar refractivity (Wildman–Crippen MR) is 132 cm³/mol. The van der Waals surface area contributed by atoms with Crippen LogP contribution < -0.4 is 21.2 Å². The predicted octanol–water partition coefficient (Wildman–Crippen LogP) is 0.840. The Hall–Kier alpha value is -3.19. The molecule has 12 nitrogen and oxygen atoms in total. The fraction of sp³-hybridized carbons (Fsp3) is 0.591. The first-order valence-electron chi connectivity index (χ1n) is 11.7. The van der Waals surface area contributed by atoms with Gasteiger partial charge in [-0.2, -0.15) is 0 Å². The number of carbonyl (C=O) groups excluding carboxylic acids is 2. The number of hydrogen-bond acceptors (Lipinski definition) is 8. The number of benzene rings is 1. The van der Waals surface area contributed by atoms with E-state index >= 15 is 0 Å². The maximum Gasteiger partial charge on any atom is 0.475 e. The van der Waals surface area contributed by atoms with Gasteiger partial charge >= 0.3 is 7.12 Å². The average molecular weight is 493 g/mol. The zero-order valence-corrected chi connectivity index (χ0v) is 20.3. The second-order valence-electron chi connectivity index (χ2n) is 8.64. The molecule has 1 amide bonds. The summed E-state index contributed by atoms with van der Waals surface area (Å²) in [5, 5.41) is 31.4. The standard InChI is InChI=1S/C22H36BN5O7/c1-16(2)14-20(23(31)32)26-21(30)17(8-6-12-25-22(24)27-28(33)34)15-18(29)9-7-13-35-19-10-4-3-5-11-19/h3-5,10-11,16-17,20,31-32H,6-9,12-15H2,1-2H3,(H,26,30)(H3,24,25,27)/t17-,20+/m1/s1. The maximum atomic E-state index is 12.9. The molecule has 6 N–H and O–H groups in total. The number of nitrogens with one attached hydrogen (secondary N) is 2. The van der Waals surface area contributed by atoms with Gasteiger partial charge in [-0.25, -0.2) is 15.1 Å². The number of nitrogens with two attached hydrogens (primary N) is 1. The van der Waals surface area contributed by atoms with Gasteiger partial charge in [0.05, 0.1) is 12.5 Å². The zero-order valence-electron chi connectivity index (χ0n) is 20.3. The van der Waals surface area contributed by atoms with Gasteiger partial charge in [0.1, 0.15) is 11.5 Å². The summed E-state index contributed by atoms with van der Waals surface area (Å²) in [5.41, 5.74) is 7.12. The van der Waals surface area contributed by atoms with Crippen LogP contribution >= 0.6 is 0 Å². The molecule has 0 fully saturated rings. The Kier molecular flexibility index (Phi) is 14.0. The van der Waals surface area contributed by atoms with Crippen molar-refractivity contribution < 1.29 is 29.4 Å². The van der Waals surface area contributed by atoms with Crippen LogP contribution in [0.1, 0.15) is 52.4 Å². The molecular weight excluding hydrogens is 457 g/mol. The van der Waals surface area contributed by atoms with E-state index < -0.39 is 29.9 Å². The van der Waals surface area contributed by atoms with Gasteiger partial charge in [-0.1, -0.05) is 37.5 Å². The van der Waals surface area contributed by atoms with Gasteiger partial charge in [-0.15, -0.1) is 0 Å². The molecule has 0 aliphatic rings. The average Bonchev–Trinajstić information content (AvgIpc) is 2.78. The molecule has 0 heterocycles. The van der Waals surface area contributed by atoms with Crippen molar-refractivity contribution in [1.82, 2.24) is 10.7 Å². The van der Waals surface area contributed by atoms with Gasteiger partial charge in [-0.05, 0) is 43.7 Å². The summed E-state index contributed by atoms with van der Waals surface area (Å²) >= 11 is 0. The molecular formula is C22H36BN5O7. The van der Waals surface area contributed by atoms with Crippen molar-refractivity contribution in [1.29, 1.82) is 0 Å². The molecule has 0 saturated heterocycles. The smallest absolute Gasteiger partial charge is 0.475 e. The topological polar surface area (TPSA) is 189 Å². The lowest BCUT2D eigenvalue weighted by Crippen LogP contribution is -2.49. The summed E-state index contributed by atoms with van der Waals surface area (Å²) in [6.07, 6.45) is 1.66. The number of aliphatic imine (C=N–C) groups is 1. The second-order valence-corrected chi connectivity index (χ2v) is 8.64. The van der Waals surface area contributed by atoms with Crippen LogP contribution in [0.2, 0.25) is 0 Å². The van der Waals surface area contributed by atoms with E-state index in [4.69, 9.17) is 10.5 Å². The van der Waals surface area contributed by atoms with Gasteiger partial charge in [0.2, 0.25) is 5.91 Å². The summed E-state index contributed by atoms with van der Waals surface area (Å²) in [4.78, 5) is 39.7. The van der Waals surface area contributed by atoms with Gasteiger partial charge in [0, 0.05) is 25.3 Å². The van der Waals surface area contributed by atoms with Crippen LogP contribution in [0.5, 0.6) is 5.75 Å². The van der Waals surface area contributed by atoms with E-state index in [1.54, 1.807) is 5.43 Å². The molecule has 0 bridgehead atoms. The van der Waals surface area contributed by atoms with Crippen LogP contribution in [0.3, 0.4) is 0 Å². The molecule has 1 rings (SSSR count). The lowest BCUT2D eigenvalue weighted by Gasteiger charge is -2.23. The Morgan fingerprint density at radius 2 is 1.91 bits per heavy atom. The number of para-hydroxylation sites is 1. The van der Waals surface area contributed by atoms with Crippen molar-refractivity contribution in [3.05, 3.63) is 40.4 Å². The first-order valence-corrected chi connectivity index (χ1v) is 11.7. The molecule has 194 valence electrons. The molecule has 0 spiro atoms. The van der Waals surface area contributed by atoms with Crippen LogP contribution in [-0.2, 0) is 9.59 Å². The molecule has 0 aliphatic heterocycles. The van der Waals surface area contributed by atoms with Gasteiger partial charge in [0.15, 0.2) is 5.03 Å². The van der Waals surface area contributed by atoms with E-state index in [1.165, 1.54) is 0 Å². The van der Waals surface area contributed by atoms with E-state index in [1.807, 2.05) is 44.2 Å². The van der Waals surface area contributed by atoms with Gasteiger partial charge < -0.3 is 25.8 Å². The molecule has 1 aromatic carbocycles. The zero-order chi connectivity index (χ0) is 26.2. The number of carbonyl (C=O) groups is 2. The highest BCUT2D eigenvalue weighted by Gasteiger charge is 2.29. The maximum absolute atomic E-state index is 12.9. The monoisotopic (exact) mass is 493 g/mol. The minimum Gasteiger partial charge on any atom is -0.494 e. The number of nitro groups is 1. The number of hydrazine groups is 1. The number of amides is 1. The molecule has 35 heavy (non-hydrogen) atoms.